The summed E-state index contributed by atoms with van der Waals surface area (Å²) in [5.74, 6) is -0.163. The maximum Gasteiger partial charge on any atom is 0.254 e. The Balaban J connectivity index is 1.91. The fraction of sp³-hybridized carbons (Fsp3) is 0.250. The van der Waals surface area contributed by atoms with E-state index in [9.17, 15) is 4.79 Å². The van der Waals surface area contributed by atoms with Crippen molar-refractivity contribution in [3.8, 4) is 0 Å². The summed E-state index contributed by atoms with van der Waals surface area (Å²) in [4.78, 5) is 15.9. The lowest BCUT2D eigenvalue weighted by Gasteiger charge is -2.02. The van der Waals surface area contributed by atoms with Crippen LogP contribution in [0.1, 0.15) is 16.1 Å². The highest BCUT2D eigenvalue weighted by molar-refractivity contribution is 5.93. The topological polar surface area (TPSA) is 85.8 Å². The van der Waals surface area contributed by atoms with Gasteiger partial charge in [-0.25, -0.2) is 0 Å². The van der Waals surface area contributed by atoms with Crippen LogP contribution >= 0.6 is 0 Å². The molecule has 0 unspecified atom stereocenters. The van der Waals surface area contributed by atoms with Crippen molar-refractivity contribution in [2.45, 2.75) is 13.1 Å². The number of carbonyl (C=O) groups excluding carboxylic acids is 1. The van der Waals surface area contributed by atoms with Crippen LogP contribution in [0, 0.1) is 0 Å². The summed E-state index contributed by atoms with van der Waals surface area (Å²) in [6, 6.07) is 5.58. The first-order chi connectivity index (χ1) is 8.79. The minimum Gasteiger partial charge on any atom is -0.346 e. The van der Waals surface area contributed by atoms with Gasteiger partial charge >= 0.3 is 0 Å². The molecule has 0 spiro atoms. The number of aromatic nitrogens is 3. The Bertz CT molecular complexity index is 508. The zero-order chi connectivity index (χ0) is 12.8. The van der Waals surface area contributed by atoms with Gasteiger partial charge in [0.2, 0.25) is 0 Å². The van der Waals surface area contributed by atoms with Crippen LogP contribution < -0.4 is 11.1 Å². The second-order valence-corrected chi connectivity index (χ2v) is 3.78. The molecule has 2 aromatic rings. The molecule has 0 aliphatic carbocycles. The van der Waals surface area contributed by atoms with Crippen molar-refractivity contribution < 1.29 is 4.79 Å². The number of pyridine rings is 1. The van der Waals surface area contributed by atoms with Gasteiger partial charge < -0.3 is 11.1 Å². The van der Waals surface area contributed by atoms with E-state index in [0.29, 0.717) is 25.2 Å². The van der Waals surface area contributed by atoms with Crippen molar-refractivity contribution in [1.29, 1.82) is 0 Å². The number of hydrogen-bond acceptors (Lipinski definition) is 4. The Kier molecular flexibility index (Phi) is 4.03. The molecule has 0 aliphatic rings. The number of nitrogens with two attached hydrogens (primary N) is 1. The van der Waals surface area contributed by atoms with Crippen LogP contribution in [0.4, 0.5) is 0 Å². The SMILES string of the molecule is NCCn1cc(C(=O)NCc2ccccn2)cn1. The summed E-state index contributed by atoms with van der Waals surface area (Å²) in [7, 11) is 0. The standard InChI is InChI=1S/C12H15N5O/c13-4-6-17-9-10(7-16-17)12(18)15-8-11-3-1-2-5-14-11/h1-3,5,7,9H,4,6,8,13H2,(H,15,18). The third kappa shape index (κ3) is 3.14. The summed E-state index contributed by atoms with van der Waals surface area (Å²) in [6.45, 7) is 1.51. The highest BCUT2D eigenvalue weighted by atomic mass is 16.1. The second-order valence-electron chi connectivity index (χ2n) is 3.78. The summed E-state index contributed by atoms with van der Waals surface area (Å²) >= 11 is 0. The molecule has 3 N–H and O–H groups in total. The first-order valence-corrected chi connectivity index (χ1v) is 5.70. The molecular weight excluding hydrogens is 230 g/mol. The van der Waals surface area contributed by atoms with E-state index in [0.717, 1.165) is 5.69 Å². The molecule has 0 atom stereocenters. The van der Waals surface area contributed by atoms with Gasteiger partial charge in [0.25, 0.3) is 5.91 Å². The van der Waals surface area contributed by atoms with Crippen LogP contribution in [0.5, 0.6) is 0 Å². The van der Waals surface area contributed by atoms with E-state index in [1.165, 1.54) is 6.20 Å². The van der Waals surface area contributed by atoms with Crippen molar-refractivity contribution in [2.75, 3.05) is 6.54 Å². The highest BCUT2D eigenvalue weighted by Crippen LogP contribution is 1.99. The molecule has 2 rings (SSSR count). The minimum absolute atomic E-state index is 0.163. The van der Waals surface area contributed by atoms with Crippen molar-refractivity contribution in [1.82, 2.24) is 20.1 Å². The molecule has 0 aromatic carbocycles. The Morgan fingerprint density at radius 1 is 1.44 bits per heavy atom. The van der Waals surface area contributed by atoms with Gasteiger partial charge in [0.05, 0.1) is 30.5 Å². The predicted octanol–water partition coefficient (Wildman–Crippen LogP) is 0.167. The first kappa shape index (κ1) is 12.3. The molecule has 6 nitrogen and oxygen atoms in total. The van der Waals surface area contributed by atoms with Crippen LogP contribution in [0.2, 0.25) is 0 Å². The van der Waals surface area contributed by atoms with Crippen LogP contribution in [-0.2, 0) is 13.1 Å². The Hall–Kier alpha value is -2.21. The number of hydrogen-bond donors (Lipinski definition) is 2. The van der Waals surface area contributed by atoms with E-state index in [1.54, 1.807) is 17.1 Å². The lowest BCUT2D eigenvalue weighted by molar-refractivity contribution is 0.0950. The normalized spacial score (nSPS) is 10.3. The monoisotopic (exact) mass is 245 g/mol. The number of nitrogens with zero attached hydrogens (tertiary/aromatic N) is 3. The first-order valence-electron chi connectivity index (χ1n) is 5.70. The fourth-order valence-electron chi connectivity index (χ4n) is 1.51. The van der Waals surface area contributed by atoms with Gasteiger partial charge in [-0.3, -0.25) is 14.5 Å². The lowest BCUT2D eigenvalue weighted by atomic mass is 10.3. The van der Waals surface area contributed by atoms with Crippen molar-refractivity contribution in [2.24, 2.45) is 5.73 Å². The molecule has 0 fully saturated rings. The molecule has 94 valence electrons. The second kappa shape index (κ2) is 5.92. The van der Waals surface area contributed by atoms with Crippen LogP contribution in [-0.4, -0.2) is 27.2 Å². The number of nitrogens with one attached hydrogen (secondary N) is 1. The van der Waals surface area contributed by atoms with Gasteiger partial charge in [0, 0.05) is 18.9 Å². The van der Waals surface area contributed by atoms with Gasteiger partial charge in [-0.2, -0.15) is 5.10 Å². The Morgan fingerprint density at radius 2 is 2.33 bits per heavy atom. The van der Waals surface area contributed by atoms with Gasteiger partial charge in [-0.1, -0.05) is 6.07 Å². The van der Waals surface area contributed by atoms with Crippen LogP contribution in [0.25, 0.3) is 0 Å². The average Bonchev–Trinajstić information content (AvgIpc) is 2.86. The molecule has 0 saturated carbocycles. The molecule has 1 amide bonds. The quantitative estimate of drug-likeness (QED) is 0.786. The van der Waals surface area contributed by atoms with Gasteiger partial charge in [0.15, 0.2) is 0 Å². The molecule has 0 saturated heterocycles. The number of rotatable bonds is 5. The molecule has 0 bridgehead atoms. The van der Waals surface area contributed by atoms with E-state index >= 15 is 0 Å². The maximum absolute atomic E-state index is 11.8. The smallest absolute Gasteiger partial charge is 0.254 e. The molecule has 6 heteroatoms. The summed E-state index contributed by atoms with van der Waals surface area (Å²) in [5, 5.41) is 6.83. The molecule has 0 radical (unpaired) electrons. The van der Waals surface area contributed by atoms with Crippen LogP contribution in [0.15, 0.2) is 36.8 Å². The summed E-state index contributed by atoms with van der Waals surface area (Å²) < 4.78 is 1.65. The van der Waals surface area contributed by atoms with E-state index in [-0.39, 0.29) is 5.91 Å². The third-order valence-corrected chi connectivity index (χ3v) is 2.41. The Labute approximate surface area is 105 Å². The van der Waals surface area contributed by atoms with Gasteiger partial charge in [0.1, 0.15) is 0 Å². The van der Waals surface area contributed by atoms with E-state index < -0.39 is 0 Å². The van der Waals surface area contributed by atoms with Gasteiger partial charge in [-0.05, 0) is 12.1 Å². The Morgan fingerprint density at radius 3 is 3.06 bits per heavy atom. The third-order valence-electron chi connectivity index (χ3n) is 2.41. The molecule has 2 aromatic heterocycles. The van der Waals surface area contributed by atoms with Crippen LogP contribution in [0.3, 0.4) is 0 Å². The highest BCUT2D eigenvalue weighted by Gasteiger charge is 2.08. The van der Waals surface area contributed by atoms with Crippen molar-refractivity contribution in [3.63, 3.8) is 0 Å². The fourth-order valence-corrected chi connectivity index (χ4v) is 1.51. The van der Waals surface area contributed by atoms with E-state index in [4.69, 9.17) is 5.73 Å². The van der Waals surface area contributed by atoms with Gasteiger partial charge in [-0.15, -0.1) is 0 Å². The van der Waals surface area contributed by atoms with Crippen molar-refractivity contribution in [3.05, 3.63) is 48.0 Å². The zero-order valence-corrected chi connectivity index (χ0v) is 9.91. The van der Waals surface area contributed by atoms with E-state index in [1.807, 2.05) is 18.2 Å². The molecular formula is C12H15N5O. The summed E-state index contributed by atoms with van der Waals surface area (Å²) in [5.41, 5.74) is 6.76. The molecule has 2 heterocycles. The van der Waals surface area contributed by atoms with Crippen molar-refractivity contribution >= 4 is 5.91 Å². The zero-order valence-electron chi connectivity index (χ0n) is 9.91. The predicted molar refractivity (Wildman–Crippen MR) is 66.7 cm³/mol. The largest absolute Gasteiger partial charge is 0.346 e. The van der Waals surface area contributed by atoms with E-state index in [2.05, 4.69) is 15.4 Å². The minimum atomic E-state index is -0.163. The molecule has 0 aliphatic heterocycles. The number of carbonyl (C=O) groups is 1. The number of amides is 1. The molecule has 18 heavy (non-hydrogen) atoms. The maximum atomic E-state index is 11.8. The summed E-state index contributed by atoms with van der Waals surface area (Å²) in [6.07, 6.45) is 4.91. The lowest BCUT2D eigenvalue weighted by Crippen LogP contribution is -2.22. The average molecular weight is 245 g/mol.